The van der Waals surface area contributed by atoms with Crippen molar-refractivity contribution in [2.24, 2.45) is 7.05 Å². The van der Waals surface area contributed by atoms with Crippen molar-refractivity contribution in [3.63, 3.8) is 0 Å². The number of anilines is 1. The molecule has 3 aromatic rings. The van der Waals surface area contributed by atoms with E-state index < -0.39 is 0 Å². The highest BCUT2D eigenvalue weighted by Gasteiger charge is 2.22. The first-order chi connectivity index (χ1) is 11.7. The van der Waals surface area contributed by atoms with Crippen LogP contribution in [0.1, 0.15) is 18.5 Å². The topological polar surface area (TPSA) is 43.2 Å². The minimum Gasteiger partial charge on any atom is -0.490 e. The van der Waals surface area contributed by atoms with Crippen LogP contribution in [0.2, 0.25) is 0 Å². The van der Waals surface area contributed by atoms with Gasteiger partial charge in [0.2, 0.25) is 0 Å². The van der Waals surface area contributed by atoms with Crippen LogP contribution in [0.5, 0.6) is 5.75 Å². The molecule has 1 saturated heterocycles. The van der Waals surface area contributed by atoms with E-state index in [0.29, 0.717) is 0 Å². The van der Waals surface area contributed by atoms with E-state index in [1.807, 2.05) is 13.1 Å². The molecule has 0 spiro atoms. The molecule has 0 N–H and O–H groups in total. The molecule has 4 rings (SSSR count). The lowest BCUT2D eigenvalue weighted by Gasteiger charge is -2.33. The van der Waals surface area contributed by atoms with Gasteiger partial charge in [-0.25, -0.2) is 4.98 Å². The second kappa shape index (κ2) is 6.15. The van der Waals surface area contributed by atoms with E-state index >= 15 is 0 Å². The second-order valence-electron chi connectivity index (χ2n) is 6.44. The molecule has 1 aromatic carbocycles. The van der Waals surface area contributed by atoms with Gasteiger partial charge in [0.05, 0.1) is 17.4 Å². The van der Waals surface area contributed by atoms with Gasteiger partial charge in [-0.05, 0) is 25.1 Å². The molecule has 24 heavy (non-hydrogen) atoms. The van der Waals surface area contributed by atoms with Gasteiger partial charge in [0.15, 0.2) is 0 Å². The lowest BCUT2D eigenvalue weighted by Crippen LogP contribution is -2.38. The molecule has 0 atom stereocenters. The summed E-state index contributed by atoms with van der Waals surface area (Å²) in [6.45, 7) is 3.88. The van der Waals surface area contributed by atoms with E-state index in [9.17, 15) is 0 Å². The Morgan fingerprint density at radius 1 is 1.12 bits per heavy atom. The van der Waals surface area contributed by atoms with Crippen LogP contribution in [0.4, 0.5) is 5.82 Å². The smallest absolute Gasteiger partial charge is 0.147 e. The fourth-order valence-corrected chi connectivity index (χ4v) is 3.36. The Morgan fingerprint density at radius 2 is 1.96 bits per heavy atom. The summed E-state index contributed by atoms with van der Waals surface area (Å²) in [6.07, 6.45) is 7.97. The largest absolute Gasteiger partial charge is 0.490 e. The Hall–Kier alpha value is -2.56. The molecule has 0 unspecified atom stereocenters. The van der Waals surface area contributed by atoms with E-state index in [1.54, 1.807) is 6.20 Å². The van der Waals surface area contributed by atoms with E-state index in [4.69, 9.17) is 4.74 Å². The van der Waals surface area contributed by atoms with Crippen molar-refractivity contribution >= 4 is 16.7 Å². The molecule has 0 saturated carbocycles. The average Bonchev–Trinajstić information content (AvgIpc) is 2.98. The van der Waals surface area contributed by atoms with Crippen LogP contribution in [0.3, 0.4) is 0 Å². The Kier molecular flexibility index (Phi) is 3.84. The number of aryl methyl sites for hydroxylation is 2. The molecule has 1 fully saturated rings. The minimum atomic E-state index is 0.254. The first-order valence-corrected chi connectivity index (χ1v) is 8.45. The first kappa shape index (κ1) is 15.0. The fraction of sp³-hybridized carbons (Fsp3) is 0.368. The molecular formula is C19H22N4O. The molecule has 0 amide bonds. The predicted molar refractivity (Wildman–Crippen MR) is 95.6 cm³/mol. The van der Waals surface area contributed by atoms with Crippen molar-refractivity contribution in [1.29, 1.82) is 0 Å². The normalized spacial score (nSPS) is 15.8. The van der Waals surface area contributed by atoms with Gasteiger partial charge in [-0.3, -0.25) is 4.98 Å². The maximum Gasteiger partial charge on any atom is 0.147 e. The van der Waals surface area contributed by atoms with Crippen molar-refractivity contribution in [1.82, 2.24) is 14.5 Å². The standard InChI is InChI=1S/C19H22N4O/c1-14-12-20-13-19(21-14)23-10-6-15(7-11-23)24-18-5-3-4-17-16(18)8-9-22(17)2/h3-5,8-9,12-13,15H,6-7,10-11H2,1-2H3. The summed E-state index contributed by atoms with van der Waals surface area (Å²) in [7, 11) is 2.06. The zero-order chi connectivity index (χ0) is 16.5. The third kappa shape index (κ3) is 2.82. The van der Waals surface area contributed by atoms with Crippen molar-refractivity contribution in [2.45, 2.75) is 25.9 Å². The van der Waals surface area contributed by atoms with Crippen LogP contribution in [0.25, 0.3) is 10.9 Å². The van der Waals surface area contributed by atoms with Crippen molar-refractivity contribution in [3.8, 4) is 5.75 Å². The summed E-state index contributed by atoms with van der Waals surface area (Å²) in [4.78, 5) is 11.1. The van der Waals surface area contributed by atoms with Gasteiger partial charge in [0.25, 0.3) is 0 Å². The number of aromatic nitrogens is 3. The maximum atomic E-state index is 6.31. The molecule has 0 bridgehead atoms. The number of piperidine rings is 1. The van der Waals surface area contributed by atoms with Gasteiger partial charge < -0.3 is 14.2 Å². The van der Waals surface area contributed by atoms with Crippen molar-refractivity contribution in [2.75, 3.05) is 18.0 Å². The van der Waals surface area contributed by atoms with Gasteiger partial charge in [0, 0.05) is 50.8 Å². The highest BCUT2D eigenvalue weighted by Crippen LogP contribution is 2.29. The molecular weight excluding hydrogens is 300 g/mol. The lowest BCUT2D eigenvalue weighted by molar-refractivity contribution is 0.173. The fourth-order valence-electron chi connectivity index (χ4n) is 3.36. The summed E-state index contributed by atoms with van der Waals surface area (Å²) in [6, 6.07) is 8.39. The van der Waals surface area contributed by atoms with E-state index in [1.165, 1.54) is 10.9 Å². The summed E-state index contributed by atoms with van der Waals surface area (Å²) in [5, 5.41) is 1.19. The van der Waals surface area contributed by atoms with Crippen LogP contribution >= 0.6 is 0 Å². The zero-order valence-electron chi connectivity index (χ0n) is 14.1. The van der Waals surface area contributed by atoms with Crippen molar-refractivity contribution < 1.29 is 4.74 Å². The van der Waals surface area contributed by atoms with Gasteiger partial charge in [-0.2, -0.15) is 0 Å². The van der Waals surface area contributed by atoms with E-state index in [0.717, 1.165) is 43.2 Å². The number of hydrogen-bond acceptors (Lipinski definition) is 4. The molecule has 1 aliphatic rings. The monoisotopic (exact) mass is 322 g/mol. The number of nitrogens with zero attached hydrogens (tertiary/aromatic N) is 4. The molecule has 3 heterocycles. The number of rotatable bonds is 3. The summed E-state index contributed by atoms with van der Waals surface area (Å²) in [5.41, 5.74) is 2.17. The van der Waals surface area contributed by atoms with E-state index in [-0.39, 0.29) is 6.10 Å². The Balaban J connectivity index is 1.44. The van der Waals surface area contributed by atoms with Crippen LogP contribution in [0.15, 0.2) is 42.9 Å². The third-order valence-electron chi connectivity index (χ3n) is 4.69. The van der Waals surface area contributed by atoms with Crippen LogP contribution < -0.4 is 9.64 Å². The van der Waals surface area contributed by atoms with Gasteiger partial charge in [-0.15, -0.1) is 0 Å². The quantitative estimate of drug-likeness (QED) is 0.742. The molecule has 5 heteroatoms. The maximum absolute atomic E-state index is 6.31. The Morgan fingerprint density at radius 3 is 2.75 bits per heavy atom. The van der Waals surface area contributed by atoms with Crippen LogP contribution in [-0.2, 0) is 7.05 Å². The number of hydrogen-bond donors (Lipinski definition) is 0. The third-order valence-corrected chi connectivity index (χ3v) is 4.69. The number of benzene rings is 1. The Bertz CT molecular complexity index is 849. The highest BCUT2D eigenvalue weighted by atomic mass is 16.5. The van der Waals surface area contributed by atoms with Crippen LogP contribution in [-0.4, -0.2) is 33.7 Å². The van der Waals surface area contributed by atoms with Gasteiger partial charge in [-0.1, -0.05) is 6.07 Å². The Labute approximate surface area is 141 Å². The summed E-state index contributed by atoms with van der Waals surface area (Å²) in [5.74, 6) is 1.96. The molecule has 0 radical (unpaired) electrons. The number of fused-ring (bicyclic) bond motifs is 1. The van der Waals surface area contributed by atoms with E-state index in [2.05, 4.69) is 56.9 Å². The molecule has 5 nitrogen and oxygen atoms in total. The summed E-state index contributed by atoms with van der Waals surface area (Å²) < 4.78 is 8.44. The molecule has 124 valence electrons. The zero-order valence-corrected chi connectivity index (χ0v) is 14.1. The molecule has 0 aliphatic carbocycles. The second-order valence-corrected chi connectivity index (χ2v) is 6.44. The van der Waals surface area contributed by atoms with Crippen molar-refractivity contribution in [3.05, 3.63) is 48.5 Å². The lowest BCUT2D eigenvalue weighted by atomic mass is 10.1. The summed E-state index contributed by atoms with van der Waals surface area (Å²) >= 11 is 0. The SMILES string of the molecule is Cc1cncc(N2CCC(Oc3cccc4c3ccn4C)CC2)n1. The highest BCUT2D eigenvalue weighted by molar-refractivity contribution is 5.86. The predicted octanol–water partition coefficient (Wildman–Crippen LogP) is 3.32. The first-order valence-electron chi connectivity index (χ1n) is 8.45. The average molecular weight is 322 g/mol. The minimum absolute atomic E-state index is 0.254. The molecule has 2 aromatic heterocycles. The molecule has 1 aliphatic heterocycles. The van der Waals surface area contributed by atoms with Gasteiger partial charge in [0.1, 0.15) is 17.7 Å². The van der Waals surface area contributed by atoms with Crippen LogP contribution in [0, 0.1) is 6.92 Å². The number of ether oxygens (including phenoxy) is 1. The van der Waals surface area contributed by atoms with Gasteiger partial charge >= 0.3 is 0 Å².